The topological polar surface area (TPSA) is 115 Å². The number of methoxy groups -OCH3 is 1. The second kappa shape index (κ2) is 8.07. The number of hydrogen-bond acceptors (Lipinski definition) is 7. The molecule has 1 aromatic heterocycles. The van der Waals surface area contributed by atoms with E-state index in [1.165, 1.54) is 19.2 Å². The van der Waals surface area contributed by atoms with Gasteiger partial charge in [0.05, 0.1) is 30.4 Å². The zero-order chi connectivity index (χ0) is 19.4. The van der Waals surface area contributed by atoms with Crippen LogP contribution < -0.4 is 9.46 Å². The molecule has 1 aliphatic rings. The van der Waals surface area contributed by atoms with Gasteiger partial charge in [-0.2, -0.15) is 0 Å². The van der Waals surface area contributed by atoms with Crippen LogP contribution in [0.3, 0.4) is 0 Å². The molecule has 9 nitrogen and oxygen atoms in total. The van der Waals surface area contributed by atoms with Crippen LogP contribution in [0.4, 0.5) is 5.69 Å². The molecule has 1 saturated heterocycles. The minimum Gasteiger partial charge on any atom is -0.497 e. The monoisotopic (exact) mass is 395 g/mol. The third-order valence-corrected chi connectivity index (χ3v) is 6.04. The van der Waals surface area contributed by atoms with Gasteiger partial charge in [0, 0.05) is 6.54 Å². The van der Waals surface area contributed by atoms with E-state index in [0.717, 1.165) is 32.0 Å². The smallest absolute Gasteiger partial charge is 0.293 e. The molecule has 10 heteroatoms. The number of furan rings is 1. The summed E-state index contributed by atoms with van der Waals surface area (Å²) in [5.41, 5.74) is -0.530. The molecule has 1 unspecified atom stereocenters. The Hall–Kier alpha value is -2.43. The average molecular weight is 395 g/mol. The van der Waals surface area contributed by atoms with E-state index in [-0.39, 0.29) is 18.3 Å². The van der Waals surface area contributed by atoms with Crippen LogP contribution in [0, 0.1) is 10.1 Å². The van der Waals surface area contributed by atoms with E-state index in [9.17, 15) is 18.5 Å². The van der Waals surface area contributed by atoms with Crippen LogP contribution in [0.2, 0.25) is 0 Å². The van der Waals surface area contributed by atoms with Gasteiger partial charge in [-0.1, -0.05) is 0 Å². The number of ether oxygens (including phenoxy) is 1. The van der Waals surface area contributed by atoms with Gasteiger partial charge >= 0.3 is 0 Å². The van der Waals surface area contributed by atoms with Crippen LogP contribution in [0.25, 0.3) is 0 Å². The minimum atomic E-state index is -4.09. The van der Waals surface area contributed by atoms with Gasteiger partial charge in [0.15, 0.2) is 4.90 Å². The number of hydrogen-bond donors (Lipinski definition) is 1. The number of sulfonamides is 1. The van der Waals surface area contributed by atoms with E-state index >= 15 is 0 Å². The quantitative estimate of drug-likeness (QED) is 0.539. The van der Waals surface area contributed by atoms with Crippen molar-refractivity contribution in [2.75, 3.05) is 26.7 Å². The lowest BCUT2D eigenvalue weighted by Gasteiger charge is -2.25. The van der Waals surface area contributed by atoms with E-state index in [1.807, 2.05) is 0 Å². The second-order valence-corrected chi connectivity index (χ2v) is 7.95. The van der Waals surface area contributed by atoms with Gasteiger partial charge in [-0.25, -0.2) is 13.1 Å². The number of nitrogens with zero attached hydrogens (tertiary/aromatic N) is 2. The Morgan fingerprint density at radius 1 is 1.33 bits per heavy atom. The predicted octanol–water partition coefficient (Wildman–Crippen LogP) is 2.31. The van der Waals surface area contributed by atoms with E-state index in [2.05, 4.69) is 9.62 Å². The van der Waals surface area contributed by atoms with Crippen LogP contribution in [-0.2, 0) is 10.0 Å². The molecule has 1 aromatic carbocycles. The lowest BCUT2D eigenvalue weighted by molar-refractivity contribution is -0.387. The molecule has 1 aliphatic heterocycles. The fourth-order valence-electron chi connectivity index (χ4n) is 3.20. The molecule has 0 aliphatic carbocycles. The van der Waals surface area contributed by atoms with Crippen molar-refractivity contribution in [3.8, 4) is 5.75 Å². The highest BCUT2D eigenvalue weighted by molar-refractivity contribution is 7.89. The number of likely N-dealkylation sites (tertiary alicyclic amines) is 1. The van der Waals surface area contributed by atoms with Gasteiger partial charge in [-0.15, -0.1) is 0 Å². The first kappa shape index (κ1) is 19.3. The summed E-state index contributed by atoms with van der Waals surface area (Å²) in [5, 5.41) is 11.3. The van der Waals surface area contributed by atoms with Crippen molar-refractivity contribution < 1.29 is 22.5 Å². The van der Waals surface area contributed by atoms with Gasteiger partial charge in [0.1, 0.15) is 11.5 Å². The van der Waals surface area contributed by atoms with Crippen LogP contribution >= 0.6 is 0 Å². The first-order chi connectivity index (χ1) is 12.9. The Labute approximate surface area is 157 Å². The normalized spacial score (nSPS) is 16.3. The van der Waals surface area contributed by atoms with Gasteiger partial charge in [0.2, 0.25) is 10.0 Å². The van der Waals surface area contributed by atoms with Crippen molar-refractivity contribution in [2.45, 2.75) is 23.8 Å². The van der Waals surface area contributed by atoms with Crippen LogP contribution in [0.1, 0.15) is 24.6 Å². The van der Waals surface area contributed by atoms with Crippen molar-refractivity contribution >= 4 is 15.7 Å². The molecule has 2 aromatic rings. The maximum absolute atomic E-state index is 12.7. The molecule has 2 heterocycles. The Morgan fingerprint density at radius 3 is 2.67 bits per heavy atom. The molecule has 0 radical (unpaired) electrons. The third-order valence-electron chi connectivity index (χ3n) is 4.57. The standard InChI is InChI=1S/C17H21N3O6S/c1-25-13-6-7-17(14(11-13)20(21)22)27(23,24)18-12-15(16-5-4-10-26-16)19-8-2-3-9-19/h4-7,10-11,15,18H,2-3,8-9,12H2,1H3. The summed E-state index contributed by atoms with van der Waals surface area (Å²) in [5.74, 6) is 0.870. The van der Waals surface area contributed by atoms with Gasteiger partial charge in [-0.3, -0.25) is 15.0 Å². The third kappa shape index (κ3) is 4.29. The van der Waals surface area contributed by atoms with Crippen LogP contribution in [0.5, 0.6) is 5.75 Å². The van der Waals surface area contributed by atoms with E-state index in [0.29, 0.717) is 5.76 Å². The van der Waals surface area contributed by atoms with Crippen molar-refractivity contribution in [1.29, 1.82) is 0 Å². The summed E-state index contributed by atoms with van der Waals surface area (Å²) in [7, 11) is -2.74. The summed E-state index contributed by atoms with van der Waals surface area (Å²) < 4.78 is 38.4. The Morgan fingerprint density at radius 2 is 2.07 bits per heavy atom. The first-order valence-corrected chi connectivity index (χ1v) is 10.0. The van der Waals surface area contributed by atoms with Crippen molar-refractivity contribution in [3.63, 3.8) is 0 Å². The highest BCUT2D eigenvalue weighted by atomic mass is 32.2. The summed E-state index contributed by atoms with van der Waals surface area (Å²) in [4.78, 5) is 12.3. The van der Waals surface area contributed by atoms with Gasteiger partial charge in [0.25, 0.3) is 5.69 Å². The molecule has 146 valence electrons. The summed E-state index contributed by atoms with van der Waals surface area (Å²) in [6.07, 6.45) is 3.61. The van der Waals surface area contributed by atoms with Crippen molar-refractivity contribution in [1.82, 2.24) is 9.62 Å². The maximum atomic E-state index is 12.7. The van der Waals surface area contributed by atoms with Crippen molar-refractivity contribution in [2.24, 2.45) is 0 Å². The summed E-state index contributed by atoms with van der Waals surface area (Å²) >= 11 is 0. The SMILES string of the molecule is COc1ccc(S(=O)(=O)NCC(c2ccco2)N2CCCC2)c([N+](=O)[O-])c1. The van der Waals surface area contributed by atoms with Crippen LogP contribution in [-0.4, -0.2) is 45.0 Å². The minimum absolute atomic E-state index is 0.0546. The lowest BCUT2D eigenvalue weighted by atomic mass is 10.2. The molecule has 1 N–H and O–H groups in total. The highest BCUT2D eigenvalue weighted by Crippen LogP contribution is 2.29. The first-order valence-electron chi connectivity index (χ1n) is 8.52. The molecule has 1 fully saturated rings. The number of nitro benzene ring substituents is 1. The van der Waals surface area contributed by atoms with Gasteiger partial charge < -0.3 is 9.15 Å². The molecule has 1 atom stereocenters. The fraction of sp³-hybridized carbons (Fsp3) is 0.412. The Kier molecular flexibility index (Phi) is 5.78. The summed E-state index contributed by atoms with van der Waals surface area (Å²) in [6, 6.07) is 6.94. The van der Waals surface area contributed by atoms with E-state index in [4.69, 9.17) is 9.15 Å². The number of nitrogens with one attached hydrogen (secondary N) is 1. The zero-order valence-corrected chi connectivity index (χ0v) is 15.6. The molecule has 3 rings (SSSR count). The molecule has 0 amide bonds. The van der Waals surface area contributed by atoms with Gasteiger partial charge in [-0.05, 0) is 50.2 Å². The molecule has 0 spiro atoms. The molecule has 0 saturated carbocycles. The van der Waals surface area contributed by atoms with Crippen molar-refractivity contribution in [3.05, 3.63) is 52.5 Å². The molecular weight excluding hydrogens is 374 g/mol. The molecular formula is C17H21N3O6S. The fourth-order valence-corrected chi connectivity index (χ4v) is 4.39. The van der Waals surface area contributed by atoms with E-state index < -0.39 is 25.5 Å². The highest BCUT2D eigenvalue weighted by Gasteiger charge is 2.30. The Balaban J connectivity index is 1.84. The molecule has 27 heavy (non-hydrogen) atoms. The second-order valence-electron chi connectivity index (χ2n) is 6.22. The van der Waals surface area contributed by atoms with E-state index in [1.54, 1.807) is 18.4 Å². The number of benzene rings is 1. The largest absolute Gasteiger partial charge is 0.497 e. The number of rotatable bonds is 8. The average Bonchev–Trinajstić information content (AvgIpc) is 3.35. The lowest BCUT2D eigenvalue weighted by Crippen LogP contribution is -2.36. The number of nitro groups is 1. The predicted molar refractivity (Wildman–Crippen MR) is 97.1 cm³/mol. The Bertz CT molecular complexity index is 891. The summed E-state index contributed by atoms with van der Waals surface area (Å²) in [6.45, 7) is 1.74. The van der Waals surface area contributed by atoms with Crippen LogP contribution in [0.15, 0.2) is 45.9 Å². The zero-order valence-electron chi connectivity index (χ0n) is 14.8. The molecule has 0 bridgehead atoms. The maximum Gasteiger partial charge on any atom is 0.293 e.